The molecule has 2 rings (SSSR count). The number of anilines is 1. The fourth-order valence-electron chi connectivity index (χ4n) is 3.67. The lowest BCUT2D eigenvalue weighted by Crippen LogP contribution is -2.50. The second kappa shape index (κ2) is 9.98. The Bertz CT molecular complexity index is 971. The molecule has 0 heterocycles. The minimum absolute atomic E-state index is 0.190. The average molecular weight is 433 g/mol. The standard InChI is InChI=1S/C23H32N2O4S/c1-7-21(20-14-9-16(3)15-17(20)4)24-23(26)22(8-2)25(30(6,27)28)18-10-12-19(29-5)13-11-18/h9-15,21-22H,7-8H2,1-6H3,(H,24,26)/t21-,22-/m0/s1. The number of carbonyl (C=O) groups excluding carboxylic acids is 1. The average Bonchev–Trinajstić information content (AvgIpc) is 2.69. The first kappa shape index (κ1) is 23.7. The summed E-state index contributed by atoms with van der Waals surface area (Å²) in [5.41, 5.74) is 3.73. The van der Waals surface area contributed by atoms with Crippen molar-refractivity contribution in [2.75, 3.05) is 17.7 Å². The molecule has 0 aromatic heterocycles. The number of methoxy groups -OCH3 is 1. The highest BCUT2D eigenvalue weighted by molar-refractivity contribution is 7.92. The van der Waals surface area contributed by atoms with E-state index in [9.17, 15) is 13.2 Å². The minimum Gasteiger partial charge on any atom is -0.497 e. The van der Waals surface area contributed by atoms with E-state index in [1.54, 1.807) is 31.4 Å². The number of benzene rings is 2. The molecular weight excluding hydrogens is 400 g/mol. The van der Waals surface area contributed by atoms with Gasteiger partial charge in [0.25, 0.3) is 0 Å². The van der Waals surface area contributed by atoms with Crippen molar-refractivity contribution < 1.29 is 17.9 Å². The largest absolute Gasteiger partial charge is 0.497 e. The van der Waals surface area contributed by atoms with Crippen LogP contribution in [-0.2, 0) is 14.8 Å². The van der Waals surface area contributed by atoms with E-state index in [4.69, 9.17) is 4.74 Å². The molecule has 0 aliphatic rings. The molecule has 30 heavy (non-hydrogen) atoms. The summed E-state index contributed by atoms with van der Waals surface area (Å²) in [6.07, 6.45) is 2.16. The molecule has 0 unspecified atom stereocenters. The van der Waals surface area contributed by atoms with Gasteiger partial charge in [-0.3, -0.25) is 9.10 Å². The van der Waals surface area contributed by atoms with Crippen LogP contribution in [0.4, 0.5) is 5.69 Å². The summed E-state index contributed by atoms with van der Waals surface area (Å²) in [5.74, 6) is 0.302. The Morgan fingerprint density at radius 1 is 1.07 bits per heavy atom. The first-order valence-corrected chi connectivity index (χ1v) is 12.0. The summed E-state index contributed by atoms with van der Waals surface area (Å²) in [6, 6.07) is 11.8. The Morgan fingerprint density at radius 2 is 1.70 bits per heavy atom. The van der Waals surface area contributed by atoms with Crippen LogP contribution in [0.2, 0.25) is 0 Å². The minimum atomic E-state index is -3.68. The van der Waals surface area contributed by atoms with Gasteiger partial charge in [0, 0.05) is 0 Å². The molecule has 0 aliphatic carbocycles. The Balaban J connectivity index is 2.36. The molecule has 7 heteroatoms. The highest BCUT2D eigenvalue weighted by Gasteiger charge is 2.32. The van der Waals surface area contributed by atoms with E-state index < -0.39 is 16.1 Å². The second-order valence-electron chi connectivity index (χ2n) is 7.51. The Kier molecular flexibility index (Phi) is 7.89. The van der Waals surface area contributed by atoms with Gasteiger partial charge in [-0.25, -0.2) is 8.42 Å². The summed E-state index contributed by atoms with van der Waals surface area (Å²) in [4.78, 5) is 13.2. The topological polar surface area (TPSA) is 75.7 Å². The molecule has 0 spiro atoms. The van der Waals surface area contributed by atoms with E-state index in [2.05, 4.69) is 11.4 Å². The highest BCUT2D eigenvalue weighted by atomic mass is 32.2. The lowest BCUT2D eigenvalue weighted by atomic mass is 9.97. The van der Waals surface area contributed by atoms with Crippen molar-refractivity contribution in [3.63, 3.8) is 0 Å². The van der Waals surface area contributed by atoms with Gasteiger partial charge in [-0.05, 0) is 62.1 Å². The molecule has 0 radical (unpaired) electrons. The van der Waals surface area contributed by atoms with Gasteiger partial charge in [0.2, 0.25) is 15.9 Å². The lowest BCUT2D eigenvalue weighted by molar-refractivity contribution is -0.123. The van der Waals surface area contributed by atoms with E-state index in [1.807, 2.05) is 39.8 Å². The molecule has 0 fully saturated rings. The van der Waals surface area contributed by atoms with Crippen LogP contribution in [0.15, 0.2) is 42.5 Å². The predicted octanol–water partition coefficient (Wildman–Crippen LogP) is 4.12. The maximum atomic E-state index is 13.2. The zero-order valence-corrected chi connectivity index (χ0v) is 19.4. The number of hydrogen-bond donors (Lipinski definition) is 1. The molecule has 0 saturated carbocycles. The third-order valence-electron chi connectivity index (χ3n) is 5.18. The number of hydrogen-bond acceptors (Lipinski definition) is 4. The van der Waals surface area contributed by atoms with E-state index in [-0.39, 0.29) is 11.9 Å². The number of nitrogens with zero attached hydrogens (tertiary/aromatic N) is 1. The molecule has 1 N–H and O–H groups in total. The van der Waals surface area contributed by atoms with Crippen LogP contribution in [0.1, 0.15) is 49.4 Å². The summed E-state index contributed by atoms with van der Waals surface area (Å²) < 4.78 is 31.6. The molecule has 0 aliphatic heterocycles. The summed E-state index contributed by atoms with van der Waals surface area (Å²) in [6.45, 7) is 7.86. The smallest absolute Gasteiger partial charge is 0.244 e. The fourth-order valence-corrected chi connectivity index (χ4v) is 4.89. The van der Waals surface area contributed by atoms with Gasteiger partial charge in [0.1, 0.15) is 11.8 Å². The van der Waals surface area contributed by atoms with E-state index >= 15 is 0 Å². The first-order chi connectivity index (χ1) is 14.1. The molecule has 2 aromatic carbocycles. The van der Waals surface area contributed by atoms with Crippen LogP contribution in [-0.4, -0.2) is 33.7 Å². The van der Waals surface area contributed by atoms with Crippen LogP contribution < -0.4 is 14.4 Å². The summed E-state index contributed by atoms with van der Waals surface area (Å²) in [7, 11) is -2.14. The van der Waals surface area contributed by atoms with Crippen molar-refractivity contribution in [1.29, 1.82) is 0 Å². The summed E-state index contributed by atoms with van der Waals surface area (Å²) in [5, 5.41) is 3.07. The number of nitrogens with one attached hydrogen (secondary N) is 1. The molecule has 1 amide bonds. The fraction of sp³-hybridized carbons (Fsp3) is 0.435. The van der Waals surface area contributed by atoms with E-state index in [1.165, 1.54) is 4.31 Å². The SMILES string of the molecule is CC[C@H](NC(=O)[C@H](CC)N(c1ccc(OC)cc1)S(C)(=O)=O)c1ccc(C)cc1C. The zero-order chi connectivity index (χ0) is 22.5. The molecule has 6 nitrogen and oxygen atoms in total. The third-order valence-corrected chi connectivity index (χ3v) is 6.36. The predicted molar refractivity (Wildman–Crippen MR) is 121 cm³/mol. The Labute approximate surface area is 180 Å². The normalized spacial score (nSPS) is 13.4. The van der Waals surface area contributed by atoms with Gasteiger partial charge in [-0.2, -0.15) is 0 Å². The number of aryl methyl sites for hydroxylation is 2. The maximum absolute atomic E-state index is 13.2. The third kappa shape index (κ3) is 5.53. The molecule has 2 aromatic rings. The second-order valence-corrected chi connectivity index (χ2v) is 9.37. The Hall–Kier alpha value is -2.54. The molecule has 164 valence electrons. The van der Waals surface area contributed by atoms with E-state index in [0.717, 1.165) is 22.9 Å². The van der Waals surface area contributed by atoms with Crippen molar-refractivity contribution in [2.24, 2.45) is 0 Å². The van der Waals surface area contributed by atoms with Crippen molar-refractivity contribution in [3.8, 4) is 5.75 Å². The van der Waals surface area contributed by atoms with Gasteiger partial charge >= 0.3 is 0 Å². The van der Waals surface area contributed by atoms with Gasteiger partial charge in [-0.1, -0.05) is 37.6 Å². The van der Waals surface area contributed by atoms with Crippen LogP contribution in [0, 0.1) is 13.8 Å². The van der Waals surface area contributed by atoms with Crippen molar-refractivity contribution >= 4 is 21.6 Å². The van der Waals surface area contributed by atoms with Gasteiger partial charge < -0.3 is 10.1 Å². The van der Waals surface area contributed by atoms with Crippen molar-refractivity contribution in [3.05, 3.63) is 59.2 Å². The number of rotatable bonds is 9. The zero-order valence-electron chi connectivity index (χ0n) is 18.6. The quantitative estimate of drug-likeness (QED) is 0.647. The number of carbonyl (C=O) groups is 1. The molecule has 0 bridgehead atoms. The van der Waals surface area contributed by atoms with Crippen molar-refractivity contribution in [2.45, 2.75) is 52.6 Å². The maximum Gasteiger partial charge on any atom is 0.244 e. The first-order valence-electron chi connectivity index (χ1n) is 10.1. The van der Waals surface area contributed by atoms with Gasteiger partial charge in [0.05, 0.1) is 25.1 Å². The lowest BCUT2D eigenvalue weighted by Gasteiger charge is -2.31. The molecule has 0 saturated heterocycles. The van der Waals surface area contributed by atoms with Gasteiger partial charge in [0.15, 0.2) is 0 Å². The number of amides is 1. The van der Waals surface area contributed by atoms with Crippen molar-refractivity contribution in [1.82, 2.24) is 5.32 Å². The Morgan fingerprint density at radius 3 is 2.17 bits per heavy atom. The van der Waals surface area contributed by atoms with Crippen LogP contribution in [0.5, 0.6) is 5.75 Å². The number of sulfonamides is 1. The van der Waals surface area contributed by atoms with Gasteiger partial charge in [-0.15, -0.1) is 0 Å². The number of ether oxygens (including phenoxy) is 1. The molecular formula is C23H32N2O4S. The summed E-state index contributed by atoms with van der Waals surface area (Å²) >= 11 is 0. The van der Waals surface area contributed by atoms with Crippen LogP contribution in [0.3, 0.4) is 0 Å². The van der Waals surface area contributed by atoms with Crippen LogP contribution in [0.25, 0.3) is 0 Å². The highest BCUT2D eigenvalue weighted by Crippen LogP contribution is 2.27. The van der Waals surface area contributed by atoms with Crippen LogP contribution >= 0.6 is 0 Å². The van der Waals surface area contributed by atoms with E-state index in [0.29, 0.717) is 24.3 Å². The molecule has 2 atom stereocenters. The monoisotopic (exact) mass is 432 g/mol.